The van der Waals surface area contributed by atoms with Crippen LogP contribution in [0.2, 0.25) is 0 Å². The summed E-state index contributed by atoms with van der Waals surface area (Å²) in [6.07, 6.45) is 2.23. The molecule has 0 amide bonds. The molecule has 0 aromatic carbocycles. The summed E-state index contributed by atoms with van der Waals surface area (Å²) in [4.78, 5) is 0. The number of nitrogens with one attached hydrogen (secondary N) is 1. The molecule has 0 spiro atoms. The Kier molecular flexibility index (Phi) is 4.15. The predicted molar refractivity (Wildman–Crippen MR) is 61.9 cm³/mol. The van der Waals surface area contributed by atoms with E-state index in [-0.39, 0.29) is 5.60 Å². The minimum atomic E-state index is -0.397. The predicted octanol–water partition coefficient (Wildman–Crippen LogP) is 1.55. The number of hydrogen-bond acceptors (Lipinski definition) is 3. The molecule has 0 saturated heterocycles. The Morgan fingerprint density at radius 3 is 2.47 bits per heavy atom. The van der Waals surface area contributed by atoms with Crippen LogP contribution in [0.1, 0.15) is 40.5 Å². The Balaban J connectivity index is 2.00. The van der Waals surface area contributed by atoms with E-state index in [1.54, 1.807) is 0 Å². The zero-order valence-corrected chi connectivity index (χ0v) is 10.5. The zero-order valence-electron chi connectivity index (χ0n) is 10.5. The van der Waals surface area contributed by atoms with Crippen LogP contribution in [0.3, 0.4) is 0 Å². The summed E-state index contributed by atoms with van der Waals surface area (Å²) < 4.78 is 5.50. The first-order valence-electron chi connectivity index (χ1n) is 5.84. The number of rotatable bonds is 6. The molecule has 0 radical (unpaired) electrons. The molecule has 1 rings (SSSR count). The lowest BCUT2D eigenvalue weighted by atomic mass is 10.1. The second-order valence-electron chi connectivity index (χ2n) is 6.02. The van der Waals surface area contributed by atoms with Gasteiger partial charge in [0, 0.05) is 13.1 Å². The fourth-order valence-electron chi connectivity index (χ4n) is 1.34. The first-order chi connectivity index (χ1) is 6.81. The molecule has 0 aromatic heterocycles. The summed E-state index contributed by atoms with van der Waals surface area (Å²) in [5, 5.41) is 12.9. The molecular weight excluding hydrogens is 190 g/mol. The van der Waals surface area contributed by atoms with Gasteiger partial charge in [0.1, 0.15) is 0 Å². The van der Waals surface area contributed by atoms with Crippen LogP contribution in [0.15, 0.2) is 0 Å². The Hall–Kier alpha value is -0.120. The zero-order chi connectivity index (χ0) is 11.5. The van der Waals surface area contributed by atoms with E-state index >= 15 is 0 Å². The van der Waals surface area contributed by atoms with Crippen LogP contribution in [0.4, 0.5) is 0 Å². The monoisotopic (exact) mass is 215 g/mol. The maximum Gasteiger partial charge on any atom is 0.0897 e. The third-order valence-corrected chi connectivity index (χ3v) is 2.74. The molecule has 1 saturated carbocycles. The van der Waals surface area contributed by atoms with Gasteiger partial charge >= 0.3 is 0 Å². The molecule has 2 N–H and O–H groups in total. The van der Waals surface area contributed by atoms with Crippen molar-refractivity contribution in [3.63, 3.8) is 0 Å². The first-order valence-corrected chi connectivity index (χ1v) is 5.84. The molecule has 3 heteroatoms. The quantitative estimate of drug-likeness (QED) is 0.706. The summed E-state index contributed by atoms with van der Waals surface area (Å²) in [7, 11) is 0. The molecule has 1 aliphatic rings. The largest absolute Gasteiger partial charge is 0.389 e. The van der Waals surface area contributed by atoms with Crippen molar-refractivity contribution in [2.24, 2.45) is 5.41 Å². The van der Waals surface area contributed by atoms with Crippen LogP contribution in [-0.2, 0) is 4.74 Å². The topological polar surface area (TPSA) is 41.5 Å². The van der Waals surface area contributed by atoms with E-state index in [1.165, 1.54) is 12.8 Å². The molecule has 0 heterocycles. The van der Waals surface area contributed by atoms with Crippen LogP contribution in [0.25, 0.3) is 0 Å². The van der Waals surface area contributed by atoms with E-state index in [4.69, 9.17) is 4.74 Å². The number of hydrogen-bond donors (Lipinski definition) is 2. The second-order valence-corrected chi connectivity index (χ2v) is 6.02. The first kappa shape index (κ1) is 12.9. The van der Waals surface area contributed by atoms with Gasteiger partial charge in [0.25, 0.3) is 0 Å². The SMILES string of the molecule is CC1(CNCC(O)COC(C)(C)C)CC1. The van der Waals surface area contributed by atoms with Crippen molar-refractivity contribution in [3.8, 4) is 0 Å². The Morgan fingerprint density at radius 2 is 2.00 bits per heavy atom. The maximum atomic E-state index is 9.64. The summed E-state index contributed by atoms with van der Waals surface area (Å²) in [6, 6.07) is 0. The molecule has 1 atom stereocenters. The molecule has 1 fully saturated rings. The fourth-order valence-corrected chi connectivity index (χ4v) is 1.34. The number of aliphatic hydroxyl groups is 1. The summed E-state index contributed by atoms with van der Waals surface area (Å²) in [5.41, 5.74) is 0.341. The summed E-state index contributed by atoms with van der Waals surface area (Å²) in [5.74, 6) is 0. The lowest BCUT2D eigenvalue weighted by Gasteiger charge is -2.22. The van der Waals surface area contributed by atoms with E-state index < -0.39 is 6.10 Å². The average molecular weight is 215 g/mol. The molecule has 0 bridgehead atoms. The van der Waals surface area contributed by atoms with E-state index in [0.717, 1.165) is 6.54 Å². The van der Waals surface area contributed by atoms with Crippen molar-refractivity contribution >= 4 is 0 Å². The van der Waals surface area contributed by atoms with Gasteiger partial charge < -0.3 is 15.2 Å². The highest BCUT2D eigenvalue weighted by Crippen LogP contribution is 2.43. The Labute approximate surface area is 93.2 Å². The standard InChI is InChI=1S/C12H25NO2/c1-11(2,3)15-8-10(14)7-13-9-12(4)5-6-12/h10,13-14H,5-9H2,1-4H3. The van der Waals surface area contributed by atoms with Gasteiger partial charge in [0.15, 0.2) is 0 Å². The van der Waals surface area contributed by atoms with Crippen LogP contribution < -0.4 is 5.32 Å². The highest BCUT2D eigenvalue weighted by molar-refractivity contribution is 4.90. The molecule has 0 aliphatic heterocycles. The molecule has 1 aliphatic carbocycles. The Bertz CT molecular complexity index is 194. The third kappa shape index (κ3) is 6.13. The van der Waals surface area contributed by atoms with Crippen molar-refractivity contribution in [1.29, 1.82) is 0 Å². The summed E-state index contributed by atoms with van der Waals surface area (Å²) >= 11 is 0. The van der Waals surface area contributed by atoms with Crippen molar-refractivity contribution in [3.05, 3.63) is 0 Å². The van der Waals surface area contributed by atoms with Gasteiger partial charge in [-0.3, -0.25) is 0 Å². The molecule has 3 nitrogen and oxygen atoms in total. The average Bonchev–Trinajstić information content (AvgIpc) is 2.79. The smallest absolute Gasteiger partial charge is 0.0897 e. The maximum absolute atomic E-state index is 9.64. The van der Waals surface area contributed by atoms with Crippen LogP contribution in [0.5, 0.6) is 0 Å². The van der Waals surface area contributed by atoms with Crippen molar-refractivity contribution in [2.75, 3.05) is 19.7 Å². The number of aliphatic hydroxyl groups excluding tert-OH is 1. The van der Waals surface area contributed by atoms with Crippen LogP contribution in [0, 0.1) is 5.41 Å². The minimum Gasteiger partial charge on any atom is -0.389 e. The van der Waals surface area contributed by atoms with Gasteiger partial charge in [-0.05, 0) is 39.0 Å². The second kappa shape index (κ2) is 4.81. The Morgan fingerprint density at radius 1 is 1.40 bits per heavy atom. The molecular formula is C12H25NO2. The van der Waals surface area contributed by atoms with Crippen LogP contribution >= 0.6 is 0 Å². The van der Waals surface area contributed by atoms with E-state index in [9.17, 15) is 5.11 Å². The summed E-state index contributed by atoms with van der Waals surface area (Å²) in [6.45, 7) is 10.3. The van der Waals surface area contributed by atoms with Gasteiger partial charge in [0.2, 0.25) is 0 Å². The molecule has 90 valence electrons. The van der Waals surface area contributed by atoms with Crippen molar-refractivity contribution in [2.45, 2.75) is 52.2 Å². The third-order valence-electron chi connectivity index (χ3n) is 2.74. The molecule has 15 heavy (non-hydrogen) atoms. The normalized spacial score (nSPS) is 21.4. The molecule has 1 unspecified atom stereocenters. The van der Waals surface area contributed by atoms with E-state index in [0.29, 0.717) is 18.6 Å². The van der Waals surface area contributed by atoms with E-state index in [2.05, 4.69) is 12.2 Å². The van der Waals surface area contributed by atoms with Gasteiger partial charge in [-0.25, -0.2) is 0 Å². The highest BCUT2D eigenvalue weighted by atomic mass is 16.5. The lowest BCUT2D eigenvalue weighted by Crippen LogP contribution is -2.35. The van der Waals surface area contributed by atoms with Crippen LogP contribution in [-0.4, -0.2) is 36.5 Å². The minimum absolute atomic E-state index is 0.163. The lowest BCUT2D eigenvalue weighted by molar-refractivity contribution is -0.0480. The number of ether oxygens (including phenoxy) is 1. The van der Waals surface area contributed by atoms with Gasteiger partial charge in [0.05, 0.1) is 18.3 Å². The fraction of sp³-hybridized carbons (Fsp3) is 1.00. The molecule has 0 aromatic rings. The van der Waals surface area contributed by atoms with Crippen molar-refractivity contribution < 1.29 is 9.84 Å². The van der Waals surface area contributed by atoms with E-state index in [1.807, 2.05) is 20.8 Å². The van der Waals surface area contributed by atoms with Gasteiger partial charge in [-0.1, -0.05) is 6.92 Å². The van der Waals surface area contributed by atoms with Gasteiger partial charge in [-0.15, -0.1) is 0 Å². The van der Waals surface area contributed by atoms with Gasteiger partial charge in [-0.2, -0.15) is 0 Å². The van der Waals surface area contributed by atoms with Crippen molar-refractivity contribution in [1.82, 2.24) is 5.32 Å². The highest BCUT2D eigenvalue weighted by Gasteiger charge is 2.36.